The normalized spacial score (nSPS) is 10.7. The number of esters is 1. The molecule has 0 fully saturated rings. The topological polar surface area (TPSA) is 120 Å². The van der Waals surface area contributed by atoms with Crippen molar-refractivity contribution in [3.8, 4) is 0 Å². The third kappa shape index (κ3) is 7.80. The van der Waals surface area contributed by atoms with Gasteiger partial charge in [-0.15, -0.1) is 11.6 Å². The average Bonchev–Trinajstić information content (AvgIpc) is 2.61. The number of amides is 1. The standard InChI is InChI=1S/C15H21ClN2O3.C2H4N2/c1-10-4-5-13(17)12(8-10)15(20)18(7-6-16)11(2)9-14(19)21-3;3-1-2-4/h4-5,8,11H,6-7,9,17H2,1-3H3;1-4H. The Morgan fingerprint density at radius 3 is 2.44 bits per heavy atom. The van der Waals surface area contributed by atoms with Crippen LogP contribution in [0.25, 0.3) is 0 Å². The number of aryl methyl sites for hydroxylation is 1. The van der Waals surface area contributed by atoms with Gasteiger partial charge in [0.05, 0.1) is 19.1 Å². The quantitative estimate of drug-likeness (QED) is 0.296. The second-order valence-electron chi connectivity index (χ2n) is 5.24. The van der Waals surface area contributed by atoms with Crippen LogP contribution in [0.1, 0.15) is 29.3 Å². The average molecular weight is 369 g/mol. The number of hydrogen-bond acceptors (Lipinski definition) is 6. The van der Waals surface area contributed by atoms with Crippen LogP contribution in [-0.2, 0) is 9.53 Å². The molecule has 8 heteroatoms. The summed E-state index contributed by atoms with van der Waals surface area (Å²) in [5.74, 6) is -0.316. The summed E-state index contributed by atoms with van der Waals surface area (Å²) in [4.78, 5) is 25.6. The largest absolute Gasteiger partial charge is 0.469 e. The predicted octanol–water partition coefficient (Wildman–Crippen LogP) is 2.50. The SMILES string of the molecule is COC(=O)CC(C)N(CCCl)C(=O)c1cc(C)ccc1N.N=CC=N. The maximum absolute atomic E-state index is 12.7. The summed E-state index contributed by atoms with van der Waals surface area (Å²) in [6, 6.07) is 4.97. The Kier molecular flexibility index (Phi) is 10.9. The Labute approximate surface area is 153 Å². The van der Waals surface area contributed by atoms with Crippen molar-refractivity contribution in [2.24, 2.45) is 0 Å². The first kappa shape index (κ1) is 22.6. The lowest BCUT2D eigenvalue weighted by molar-refractivity contribution is -0.141. The number of carbonyl (C=O) groups is 2. The second-order valence-corrected chi connectivity index (χ2v) is 5.62. The molecule has 1 aromatic rings. The van der Waals surface area contributed by atoms with E-state index in [1.165, 1.54) is 7.11 Å². The molecule has 1 atom stereocenters. The Balaban J connectivity index is 0.00000129. The fourth-order valence-electron chi connectivity index (χ4n) is 2.06. The molecule has 0 aliphatic rings. The minimum absolute atomic E-state index is 0.116. The van der Waals surface area contributed by atoms with Crippen LogP contribution in [0.2, 0.25) is 0 Å². The molecule has 0 bridgehead atoms. The number of ether oxygens (including phenoxy) is 1. The van der Waals surface area contributed by atoms with Crippen LogP contribution in [0, 0.1) is 17.7 Å². The third-order valence-corrected chi connectivity index (χ3v) is 3.50. The van der Waals surface area contributed by atoms with Gasteiger partial charge in [-0.3, -0.25) is 9.59 Å². The van der Waals surface area contributed by atoms with Crippen LogP contribution < -0.4 is 5.73 Å². The summed E-state index contributed by atoms with van der Waals surface area (Å²) in [6.07, 6.45) is 1.95. The zero-order valence-electron chi connectivity index (χ0n) is 14.7. The van der Waals surface area contributed by atoms with Crippen molar-refractivity contribution in [1.82, 2.24) is 4.90 Å². The molecule has 0 aliphatic carbocycles. The van der Waals surface area contributed by atoms with E-state index in [1.54, 1.807) is 24.0 Å². The predicted molar refractivity (Wildman–Crippen MR) is 101 cm³/mol. The number of alkyl halides is 1. The highest BCUT2D eigenvalue weighted by Crippen LogP contribution is 2.18. The number of halogens is 1. The first-order chi connectivity index (χ1) is 11.8. The van der Waals surface area contributed by atoms with E-state index in [0.717, 1.165) is 18.0 Å². The number of benzene rings is 1. The fraction of sp³-hybridized carbons (Fsp3) is 0.412. The minimum Gasteiger partial charge on any atom is -0.469 e. The fourth-order valence-corrected chi connectivity index (χ4v) is 2.24. The van der Waals surface area contributed by atoms with E-state index in [1.807, 2.05) is 13.0 Å². The van der Waals surface area contributed by atoms with Gasteiger partial charge in [-0.1, -0.05) is 11.6 Å². The summed E-state index contributed by atoms with van der Waals surface area (Å²) in [6.45, 7) is 4.01. The molecule has 0 heterocycles. The smallest absolute Gasteiger partial charge is 0.307 e. The van der Waals surface area contributed by atoms with E-state index in [2.05, 4.69) is 4.74 Å². The molecule has 0 aromatic heterocycles. The minimum atomic E-state index is -0.368. The van der Waals surface area contributed by atoms with Crippen molar-refractivity contribution in [1.29, 1.82) is 10.8 Å². The third-order valence-electron chi connectivity index (χ3n) is 3.33. The molecular weight excluding hydrogens is 344 g/mol. The van der Waals surface area contributed by atoms with Crippen LogP contribution in [0.15, 0.2) is 18.2 Å². The van der Waals surface area contributed by atoms with Crippen molar-refractivity contribution in [3.63, 3.8) is 0 Å². The first-order valence-corrected chi connectivity index (χ1v) is 8.15. The van der Waals surface area contributed by atoms with E-state index in [9.17, 15) is 9.59 Å². The zero-order chi connectivity index (χ0) is 19.4. The first-order valence-electron chi connectivity index (χ1n) is 7.61. The van der Waals surface area contributed by atoms with Crippen LogP contribution in [0.4, 0.5) is 5.69 Å². The lowest BCUT2D eigenvalue weighted by Crippen LogP contribution is -2.41. The Morgan fingerprint density at radius 1 is 1.36 bits per heavy atom. The number of nitrogens with two attached hydrogens (primary N) is 1. The summed E-state index contributed by atoms with van der Waals surface area (Å²) in [5, 5.41) is 12.2. The maximum atomic E-state index is 12.7. The van der Waals surface area contributed by atoms with Gasteiger partial charge in [0.1, 0.15) is 0 Å². The van der Waals surface area contributed by atoms with Crippen LogP contribution in [-0.4, -0.2) is 54.8 Å². The highest BCUT2D eigenvalue weighted by molar-refractivity contribution is 6.18. The zero-order valence-corrected chi connectivity index (χ0v) is 15.5. The summed E-state index contributed by atoms with van der Waals surface area (Å²) in [5.41, 5.74) is 7.66. The van der Waals surface area contributed by atoms with Gasteiger partial charge in [0.2, 0.25) is 0 Å². The summed E-state index contributed by atoms with van der Waals surface area (Å²) >= 11 is 5.77. The number of nitrogen functional groups attached to an aromatic ring is 1. The van der Waals surface area contributed by atoms with Crippen LogP contribution in [0.3, 0.4) is 0 Å². The number of nitrogens with zero attached hydrogens (tertiary/aromatic N) is 1. The van der Waals surface area contributed by atoms with E-state index < -0.39 is 0 Å². The highest BCUT2D eigenvalue weighted by Gasteiger charge is 2.24. The number of carbonyl (C=O) groups excluding carboxylic acids is 2. The molecule has 1 unspecified atom stereocenters. The van der Waals surface area contributed by atoms with E-state index in [-0.39, 0.29) is 30.2 Å². The van der Waals surface area contributed by atoms with E-state index >= 15 is 0 Å². The monoisotopic (exact) mass is 368 g/mol. The summed E-state index contributed by atoms with van der Waals surface area (Å²) in [7, 11) is 1.32. The molecule has 0 saturated heterocycles. The van der Waals surface area contributed by atoms with Gasteiger partial charge in [0, 0.05) is 36.6 Å². The molecule has 1 aromatic carbocycles. The number of methoxy groups -OCH3 is 1. The Bertz CT molecular complexity index is 602. The molecule has 0 aliphatic heterocycles. The molecular formula is C17H25ClN4O3. The van der Waals surface area contributed by atoms with E-state index in [4.69, 9.17) is 28.2 Å². The Hall–Kier alpha value is -2.41. The second kappa shape index (κ2) is 12.0. The number of anilines is 1. The van der Waals surface area contributed by atoms with Gasteiger partial charge in [-0.25, -0.2) is 0 Å². The number of rotatable bonds is 7. The molecule has 0 spiro atoms. The highest BCUT2D eigenvalue weighted by atomic mass is 35.5. The maximum Gasteiger partial charge on any atom is 0.307 e. The summed E-state index contributed by atoms with van der Waals surface area (Å²) < 4.78 is 4.64. The van der Waals surface area contributed by atoms with Gasteiger partial charge in [-0.05, 0) is 26.0 Å². The lowest BCUT2D eigenvalue weighted by Gasteiger charge is -2.28. The van der Waals surface area contributed by atoms with Gasteiger partial charge >= 0.3 is 5.97 Å². The van der Waals surface area contributed by atoms with Gasteiger partial charge in [0.15, 0.2) is 0 Å². The van der Waals surface area contributed by atoms with Gasteiger partial charge < -0.3 is 26.2 Å². The van der Waals surface area contributed by atoms with Crippen molar-refractivity contribution in [2.75, 3.05) is 25.3 Å². The number of nitrogens with one attached hydrogen (secondary N) is 2. The van der Waals surface area contributed by atoms with Crippen molar-refractivity contribution in [3.05, 3.63) is 29.3 Å². The number of hydrogen-bond donors (Lipinski definition) is 3. The molecule has 25 heavy (non-hydrogen) atoms. The van der Waals surface area contributed by atoms with Crippen LogP contribution >= 0.6 is 11.6 Å². The molecule has 1 amide bonds. The van der Waals surface area contributed by atoms with Gasteiger partial charge in [0.25, 0.3) is 5.91 Å². The lowest BCUT2D eigenvalue weighted by atomic mass is 10.1. The molecule has 1 rings (SSSR count). The molecule has 0 saturated carbocycles. The van der Waals surface area contributed by atoms with Crippen molar-refractivity contribution >= 4 is 41.6 Å². The van der Waals surface area contributed by atoms with E-state index in [0.29, 0.717) is 17.8 Å². The molecule has 0 radical (unpaired) electrons. The van der Waals surface area contributed by atoms with Crippen molar-refractivity contribution in [2.45, 2.75) is 26.3 Å². The van der Waals surface area contributed by atoms with Crippen molar-refractivity contribution < 1.29 is 14.3 Å². The Morgan fingerprint density at radius 2 is 1.96 bits per heavy atom. The molecule has 4 N–H and O–H groups in total. The van der Waals surface area contributed by atoms with Gasteiger partial charge in [-0.2, -0.15) is 0 Å². The molecule has 138 valence electrons. The molecule has 7 nitrogen and oxygen atoms in total. The van der Waals surface area contributed by atoms with Crippen LogP contribution in [0.5, 0.6) is 0 Å².